The van der Waals surface area contributed by atoms with Crippen molar-refractivity contribution >= 4 is 10.8 Å². The molecule has 1 aliphatic rings. The first-order chi connectivity index (χ1) is 11.3. The van der Waals surface area contributed by atoms with Crippen molar-refractivity contribution in [2.75, 3.05) is 32.9 Å². The van der Waals surface area contributed by atoms with Crippen molar-refractivity contribution in [2.45, 2.75) is 25.5 Å². The summed E-state index contributed by atoms with van der Waals surface area (Å²) in [5, 5.41) is 12.6. The van der Waals surface area contributed by atoms with E-state index >= 15 is 0 Å². The molecule has 1 saturated heterocycles. The van der Waals surface area contributed by atoms with Crippen molar-refractivity contribution in [3.05, 3.63) is 42.5 Å². The first-order valence-electron chi connectivity index (χ1n) is 8.37. The van der Waals surface area contributed by atoms with Gasteiger partial charge in [-0.05, 0) is 29.3 Å². The van der Waals surface area contributed by atoms with E-state index in [2.05, 4.69) is 24.0 Å². The maximum Gasteiger partial charge on any atom is 0.120 e. The SMILES string of the molecule is CCC1COCCN1CC(O)COc1ccc2ccccc2c1. The molecule has 2 unspecified atom stereocenters. The van der Waals surface area contributed by atoms with E-state index in [1.165, 1.54) is 5.39 Å². The van der Waals surface area contributed by atoms with Crippen LogP contribution in [0.2, 0.25) is 0 Å². The summed E-state index contributed by atoms with van der Waals surface area (Å²) in [6, 6.07) is 14.6. The minimum absolute atomic E-state index is 0.312. The van der Waals surface area contributed by atoms with Gasteiger partial charge in [-0.15, -0.1) is 0 Å². The number of fused-ring (bicyclic) bond motifs is 1. The van der Waals surface area contributed by atoms with Crippen molar-refractivity contribution < 1.29 is 14.6 Å². The second kappa shape index (κ2) is 7.77. The van der Waals surface area contributed by atoms with Crippen molar-refractivity contribution in [1.29, 1.82) is 0 Å². The van der Waals surface area contributed by atoms with Gasteiger partial charge in [0.15, 0.2) is 0 Å². The van der Waals surface area contributed by atoms with E-state index in [4.69, 9.17) is 9.47 Å². The lowest BCUT2D eigenvalue weighted by molar-refractivity contribution is -0.0333. The molecule has 0 aromatic heterocycles. The number of nitrogens with zero attached hydrogens (tertiary/aromatic N) is 1. The smallest absolute Gasteiger partial charge is 0.120 e. The zero-order valence-electron chi connectivity index (χ0n) is 13.6. The zero-order chi connectivity index (χ0) is 16.1. The Hall–Kier alpha value is -1.62. The van der Waals surface area contributed by atoms with Gasteiger partial charge in [-0.3, -0.25) is 4.90 Å². The van der Waals surface area contributed by atoms with Crippen LogP contribution in [0.1, 0.15) is 13.3 Å². The molecule has 0 aliphatic carbocycles. The molecule has 2 atom stereocenters. The van der Waals surface area contributed by atoms with Crippen molar-refractivity contribution in [3.63, 3.8) is 0 Å². The predicted octanol–water partition coefficient (Wildman–Crippen LogP) is 2.69. The molecule has 0 radical (unpaired) electrons. The van der Waals surface area contributed by atoms with Crippen molar-refractivity contribution in [3.8, 4) is 5.75 Å². The second-order valence-corrected chi connectivity index (χ2v) is 6.11. The molecule has 1 fully saturated rings. The molecule has 0 spiro atoms. The highest BCUT2D eigenvalue weighted by molar-refractivity contribution is 5.83. The summed E-state index contributed by atoms with van der Waals surface area (Å²) in [6.07, 6.45) is 0.548. The third-order valence-electron chi connectivity index (χ3n) is 4.43. The van der Waals surface area contributed by atoms with Crippen LogP contribution in [0.4, 0.5) is 0 Å². The third-order valence-corrected chi connectivity index (χ3v) is 4.43. The maximum atomic E-state index is 10.3. The highest BCUT2D eigenvalue weighted by atomic mass is 16.5. The average molecular weight is 315 g/mol. The van der Waals surface area contributed by atoms with E-state index < -0.39 is 6.10 Å². The van der Waals surface area contributed by atoms with Gasteiger partial charge in [-0.2, -0.15) is 0 Å². The monoisotopic (exact) mass is 315 g/mol. The van der Waals surface area contributed by atoms with Crippen LogP contribution in [0.5, 0.6) is 5.75 Å². The van der Waals surface area contributed by atoms with Gasteiger partial charge in [0.2, 0.25) is 0 Å². The van der Waals surface area contributed by atoms with E-state index in [0.29, 0.717) is 19.2 Å². The van der Waals surface area contributed by atoms with E-state index in [-0.39, 0.29) is 0 Å². The van der Waals surface area contributed by atoms with Gasteiger partial charge in [-0.25, -0.2) is 0 Å². The molecular weight excluding hydrogens is 290 g/mol. The minimum atomic E-state index is -0.492. The van der Waals surface area contributed by atoms with Gasteiger partial charge < -0.3 is 14.6 Å². The minimum Gasteiger partial charge on any atom is -0.491 e. The first-order valence-corrected chi connectivity index (χ1v) is 8.37. The molecule has 0 saturated carbocycles. The van der Waals surface area contributed by atoms with E-state index in [1.54, 1.807) is 0 Å². The predicted molar refractivity (Wildman–Crippen MR) is 91.9 cm³/mol. The Morgan fingerprint density at radius 3 is 2.91 bits per heavy atom. The fourth-order valence-corrected chi connectivity index (χ4v) is 3.08. The Morgan fingerprint density at radius 2 is 2.09 bits per heavy atom. The molecule has 1 N–H and O–H groups in total. The number of aliphatic hydroxyl groups is 1. The molecule has 124 valence electrons. The van der Waals surface area contributed by atoms with Crippen LogP contribution in [0.15, 0.2) is 42.5 Å². The summed E-state index contributed by atoms with van der Waals surface area (Å²) in [5.74, 6) is 0.803. The molecule has 1 aliphatic heterocycles. The van der Waals surface area contributed by atoms with Crippen LogP contribution in [-0.4, -0.2) is 55.1 Å². The van der Waals surface area contributed by atoms with Crippen molar-refractivity contribution in [1.82, 2.24) is 4.90 Å². The Balaban J connectivity index is 1.54. The number of hydrogen-bond donors (Lipinski definition) is 1. The molecule has 4 nitrogen and oxygen atoms in total. The molecule has 2 aromatic carbocycles. The average Bonchev–Trinajstić information content (AvgIpc) is 2.60. The number of benzene rings is 2. The Bertz CT molecular complexity index is 631. The van der Waals surface area contributed by atoms with Gasteiger partial charge in [-0.1, -0.05) is 37.3 Å². The standard InChI is InChI=1S/C19H25NO3/c1-2-17-13-22-10-9-20(17)12-18(21)14-23-19-8-7-15-5-3-4-6-16(15)11-19/h3-8,11,17-18,21H,2,9-10,12-14H2,1H3. The molecule has 0 bridgehead atoms. The number of rotatable bonds is 6. The highest BCUT2D eigenvalue weighted by Crippen LogP contribution is 2.20. The van der Waals surface area contributed by atoms with Gasteiger partial charge in [0.1, 0.15) is 18.5 Å². The molecule has 0 amide bonds. The third kappa shape index (κ3) is 4.22. The zero-order valence-corrected chi connectivity index (χ0v) is 13.6. The van der Waals surface area contributed by atoms with E-state index in [0.717, 1.165) is 37.3 Å². The molecule has 2 aromatic rings. The molecule has 3 rings (SSSR count). The Morgan fingerprint density at radius 1 is 1.26 bits per heavy atom. The molecule has 4 heteroatoms. The summed E-state index contributed by atoms with van der Waals surface area (Å²) in [4.78, 5) is 2.30. The number of morpholine rings is 1. The quantitative estimate of drug-likeness (QED) is 0.890. The summed E-state index contributed by atoms with van der Waals surface area (Å²) >= 11 is 0. The largest absolute Gasteiger partial charge is 0.491 e. The summed E-state index contributed by atoms with van der Waals surface area (Å²) in [6.45, 7) is 5.49. The molecule has 1 heterocycles. The van der Waals surface area contributed by atoms with Crippen LogP contribution in [0, 0.1) is 0 Å². The van der Waals surface area contributed by atoms with E-state index in [9.17, 15) is 5.11 Å². The van der Waals surface area contributed by atoms with Gasteiger partial charge >= 0.3 is 0 Å². The topological polar surface area (TPSA) is 41.9 Å². The first kappa shape index (κ1) is 16.2. The van der Waals surface area contributed by atoms with Gasteiger partial charge in [0.25, 0.3) is 0 Å². The Kier molecular flexibility index (Phi) is 5.49. The second-order valence-electron chi connectivity index (χ2n) is 6.11. The number of ether oxygens (including phenoxy) is 2. The van der Waals surface area contributed by atoms with Crippen LogP contribution in [-0.2, 0) is 4.74 Å². The maximum absolute atomic E-state index is 10.3. The van der Waals surface area contributed by atoms with Gasteiger partial charge in [0, 0.05) is 19.1 Å². The lowest BCUT2D eigenvalue weighted by atomic mass is 10.1. The summed E-state index contributed by atoms with van der Waals surface area (Å²) < 4.78 is 11.3. The fraction of sp³-hybridized carbons (Fsp3) is 0.474. The van der Waals surface area contributed by atoms with E-state index in [1.807, 2.05) is 30.3 Å². The number of β-amino-alcohol motifs (C(OH)–C–C–N with tert-alkyl or cyclic N) is 1. The lowest BCUT2D eigenvalue weighted by Crippen LogP contribution is -2.49. The van der Waals surface area contributed by atoms with Crippen LogP contribution < -0.4 is 4.74 Å². The highest BCUT2D eigenvalue weighted by Gasteiger charge is 2.23. The lowest BCUT2D eigenvalue weighted by Gasteiger charge is -2.36. The van der Waals surface area contributed by atoms with Crippen LogP contribution in [0.3, 0.4) is 0 Å². The fourth-order valence-electron chi connectivity index (χ4n) is 3.08. The summed E-state index contributed by atoms with van der Waals surface area (Å²) in [5.41, 5.74) is 0. The van der Waals surface area contributed by atoms with Crippen molar-refractivity contribution in [2.24, 2.45) is 0 Å². The summed E-state index contributed by atoms with van der Waals surface area (Å²) in [7, 11) is 0. The normalized spacial score (nSPS) is 20.5. The van der Waals surface area contributed by atoms with Crippen LogP contribution >= 0.6 is 0 Å². The Labute approximate surface area is 137 Å². The molecular formula is C19H25NO3. The number of hydrogen-bond acceptors (Lipinski definition) is 4. The number of aliphatic hydroxyl groups excluding tert-OH is 1. The molecule has 23 heavy (non-hydrogen) atoms. The van der Waals surface area contributed by atoms with Gasteiger partial charge in [0.05, 0.1) is 13.2 Å². The van der Waals surface area contributed by atoms with Crippen LogP contribution in [0.25, 0.3) is 10.8 Å².